The van der Waals surface area contributed by atoms with Gasteiger partial charge in [0, 0.05) is 13.1 Å². The van der Waals surface area contributed by atoms with Crippen molar-refractivity contribution < 1.29 is 26.9 Å². The van der Waals surface area contributed by atoms with Crippen LogP contribution >= 0.6 is 0 Å². The van der Waals surface area contributed by atoms with Crippen molar-refractivity contribution in [2.24, 2.45) is 5.92 Å². The van der Waals surface area contributed by atoms with Crippen molar-refractivity contribution in [2.45, 2.75) is 24.7 Å². The van der Waals surface area contributed by atoms with Crippen molar-refractivity contribution in [1.29, 1.82) is 0 Å². The molecule has 0 spiro atoms. The van der Waals surface area contributed by atoms with Crippen LogP contribution in [0.2, 0.25) is 0 Å². The molecule has 0 aromatic heterocycles. The Morgan fingerprint density at radius 2 is 1.93 bits per heavy atom. The van der Waals surface area contributed by atoms with Crippen LogP contribution in [0.25, 0.3) is 0 Å². The van der Waals surface area contributed by atoms with Crippen molar-refractivity contribution in [3.05, 3.63) is 29.8 Å². The van der Waals surface area contributed by atoms with Crippen LogP contribution in [0.5, 0.6) is 0 Å². The van der Waals surface area contributed by atoms with E-state index < -0.39 is 26.6 Å². The molecule has 0 radical (unpaired) electrons. The van der Waals surface area contributed by atoms with E-state index in [9.17, 15) is 22.0 Å². The van der Waals surface area contributed by atoms with E-state index in [1.807, 2.05) is 4.90 Å². The number of piperazine rings is 1. The molecule has 1 atom stereocenters. The summed E-state index contributed by atoms with van der Waals surface area (Å²) < 4.78 is 53.6. The number of halogens is 2. The normalized spacial score (nSPS) is 22.8. The molecule has 150 valence electrons. The molecule has 9 heteroatoms. The lowest BCUT2D eigenvalue weighted by molar-refractivity contribution is -0.896. The van der Waals surface area contributed by atoms with Gasteiger partial charge in [-0.05, 0) is 37.0 Å². The van der Waals surface area contributed by atoms with E-state index in [0.717, 1.165) is 43.0 Å². The van der Waals surface area contributed by atoms with Crippen LogP contribution in [0.4, 0.5) is 8.78 Å². The average molecular weight is 402 g/mol. The molecule has 1 aromatic carbocycles. The third-order valence-electron chi connectivity index (χ3n) is 5.35. The summed E-state index contributed by atoms with van der Waals surface area (Å²) in [5.41, 5.74) is 0. The van der Waals surface area contributed by atoms with Gasteiger partial charge in [0.25, 0.3) is 5.91 Å². The third kappa shape index (κ3) is 4.64. The number of amides is 1. The van der Waals surface area contributed by atoms with Gasteiger partial charge in [0.2, 0.25) is 10.0 Å². The molecule has 0 saturated carbocycles. The van der Waals surface area contributed by atoms with Gasteiger partial charge in [-0.15, -0.1) is 0 Å². The summed E-state index contributed by atoms with van der Waals surface area (Å²) in [5, 5.41) is 0. The van der Waals surface area contributed by atoms with Crippen LogP contribution in [-0.4, -0.2) is 69.3 Å². The van der Waals surface area contributed by atoms with E-state index in [0.29, 0.717) is 31.6 Å². The summed E-state index contributed by atoms with van der Waals surface area (Å²) in [7, 11) is -4.09. The maximum atomic E-state index is 13.9. The number of nitrogens with one attached hydrogen (secondary N) is 1. The summed E-state index contributed by atoms with van der Waals surface area (Å²) in [4.78, 5) is 14.8. The largest absolute Gasteiger partial charge is 0.338 e. The third-order valence-corrected chi connectivity index (χ3v) is 7.27. The van der Waals surface area contributed by atoms with Gasteiger partial charge in [-0.3, -0.25) is 4.79 Å². The molecule has 27 heavy (non-hydrogen) atoms. The Labute approximate surface area is 158 Å². The first-order valence-corrected chi connectivity index (χ1v) is 10.8. The highest BCUT2D eigenvalue weighted by Gasteiger charge is 2.34. The van der Waals surface area contributed by atoms with E-state index in [1.54, 1.807) is 0 Å². The Kier molecular flexibility index (Phi) is 6.12. The van der Waals surface area contributed by atoms with E-state index in [2.05, 4.69) is 6.92 Å². The highest BCUT2D eigenvalue weighted by atomic mass is 32.2. The number of hydrogen-bond donors (Lipinski definition) is 1. The second-order valence-corrected chi connectivity index (χ2v) is 9.40. The highest BCUT2D eigenvalue weighted by molar-refractivity contribution is 7.89. The molecule has 6 nitrogen and oxygen atoms in total. The van der Waals surface area contributed by atoms with Gasteiger partial charge in [0.15, 0.2) is 6.54 Å². The molecule has 2 aliphatic heterocycles. The van der Waals surface area contributed by atoms with Crippen LogP contribution in [0.1, 0.15) is 19.8 Å². The zero-order valence-corrected chi connectivity index (χ0v) is 16.3. The molecular weight excluding hydrogens is 376 g/mol. The number of sulfonamides is 1. The second-order valence-electron chi connectivity index (χ2n) is 7.49. The minimum absolute atomic E-state index is 0.101. The lowest BCUT2D eigenvalue weighted by Gasteiger charge is -2.34. The highest BCUT2D eigenvalue weighted by Crippen LogP contribution is 2.20. The summed E-state index contributed by atoms with van der Waals surface area (Å²) >= 11 is 0. The smallest absolute Gasteiger partial charge is 0.277 e. The molecule has 0 aliphatic carbocycles. The van der Waals surface area contributed by atoms with E-state index >= 15 is 0 Å². The Balaban J connectivity index is 1.58. The lowest BCUT2D eigenvalue weighted by atomic mass is 10.0. The number of carbonyl (C=O) groups excluding carboxylic acids is 1. The zero-order chi connectivity index (χ0) is 19.6. The van der Waals surface area contributed by atoms with Gasteiger partial charge in [-0.25, -0.2) is 17.2 Å². The SMILES string of the molecule is C[C@@H]1CCCN(C(=O)C[NH+]2CCN(S(=O)(=O)c3cc(F)ccc3F)CC2)C1. The topological polar surface area (TPSA) is 62.1 Å². The first kappa shape index (κ1) is 20.2. The molecule has 1 aromatic rings. The first-order valence-electron chi connectivity index (χ1n) is 9.34. The Bertz CT molecular complexity index is 795. The van der Waals surface area contributed by atoms with Gasteiger partial charge in [-0.2, -0.15) is 4.31 Å². The fraction of sp³-hybridized carbons (Fsp3) is 0.611. The first-order chi connectivity index (χ1) is 12.8. The number of piperidine rings is 1. The van der Waals surface area contributed by atoms with Crippen LogP contribution in [0, 0.1) is 17.6 Å². The molecule has 2 heterocycles. The van der Waals surface area contributed by atoms with Gasteiger partial charge < -0.3 is 9.80 Å². The minimum atomic E-state index is -4.09. The number of hydrogen-bond acceptors (Lipinski definition) is 3. The summed E-state index contributed by atoms with van der Waals surface area (Å²) in [6.07, 6.45) is 2.16. The summed E-state index contributed by atoms with van der Waals surface area (Å²) in [5.74, 6) is -1.13. The monoisotopic (exact) mass is 402 g/mol. The fourth-order valence-corrected chi connectivity index (χ4v) is 5.29. The molecule has 0 unspecified atom stereocenters. The number of rotatable bonds is 4. The molecule has 2 aliphatic rings. The number of carbonyl (C=O) groups is 1. The zero-order valence-electron chi connectivity index (χ0n) is 15.5. The number of likely N-dealkylation sites (tertiary alicyclic amines) is 1. The summed E-state index contributed by atoms with van der Waals surface area (Å²) in [6.45, 7) is 5.34. The Morgan fingerprint density at radius 3 is 2.59 bits per heavy atom. The van der Waals surface area contributed by atoms with Crippen molar-refractivity contribution in [3.63, 3.8) is 0 Å². The van der Waals surface area contributed by atoms with Crippen LogP contribution < -0.4 is 4.90 Å². The molecule has 3 rings (SSSR count). The van der Waals surface area contributed by atoms with Crippen molar-refractivity contribution in [1.82, 2.24) is 9.21 Å². The maximum Gasteiger partial charge on any atom is 0.277 e. The Morgan fingerprint density at radius 1 is 1.22 bits per heavy atom. The van der Waals surface area contributed by atoms with Gasteiger partial charge in [-0.1, -0.05) is 6.92 Å². The number of benzene rings is 1. The number of nitrogens with zero attached hydrogens (tertiary/aromatic N) is 2. The van der Waals surface area contributed by atoms with Crippen molar-refractivity contribution in [3.8, 4) is 0 Å². The lowest BCUT2D eigenvalue weighted by Crippen LogP contribution is -3.15. The quantitative estimate of drug-likeness (QED) is 0.778. The standard InChI is InChI=1S/C18H25F2N3O3S/c1-14-3-2-6-22(12-14)18(24)13-21-7-9-23(10-8-21)27(25,26)17-11-15(19)4-5-16(17)20/h4-5,11,14H,2-3,6-10,12-13H2,1H3/p+1/t14-/m1/s1. The molecule has 1 N–H and O–H groups in total. The van der Waals surface area contributed by atoms with Gasteiger partial charge in [0.05, 0.1) is 26.2 Å². The van der Waals surface area contributed by atoms with E-state index in [4.69, 9.17) is 0 Å². The maximum absolute atomic E-state index is 13.9. The van der Waals surface area contributed by atoms with Crippen LogP contribution in [-0.2, 0) is 14.8 Å². The predicted molar refractivity (Wildman–Crippen MR) is 95.7 cm³/mol. The predicted octanol–water partition coefficient (Wildman–Crippen LogP) is 0.113. The number of quaternary nitrogens is 1. The minimum Gasteiger partial charge on any atom is -0.338 e. The average Bonchev–Trinajstić information content (AvgIpc) is 2.64. The fourth-order valence-electron chi connectivity index (χ4n) is 3.78. The van der Waals surface area contributed by atoms with Crippen LogP contribution in [0.15, 0.2) is 23.1 Å². The van der Waals surface area contributed by atoms with Crippen LogP contribution in [0.3, 0.4) is 0 Å². The second kappa shape index (κ2) is 8.20. The van der Waals surface area contributed by atoms with Crippen molar-refractivity contribution in [2.75, 3.05) is 45.8 Å². The molecule has 0 bridgehead atoms. The molecule has 2 saturated heterocycles. The van der Waals surface area contributed by atoms with E-state index in [-0.39, 0.29) is 19.0 Å². The Hall–Kier alpha value is -1.58. The summed E-state index contributed by atoms with van der Waals surface area (Å²) in [6, 6.07) is 2.43. The van der Waals surface area contributed by atoms with Gasteiger partial charge in [0.1, 0.15) is 16.5 Å². The molecular formula is C18H26F2N3O3S+. The van der Waals surface area contributed by atoms with Crippen molar-refractivity contribution >= 4 is 15.9 Å². The molecule has 2 fully saturated rings. The van der Waals surface area contributed by atoms with Gasteiger partial charge >= 0.3 is 0 Å². The molecule has 1 amide bonds. The van der Waals surface area contributed by atoms with E-state index in [1.165, 1.54) is 4.31 Å².